The molecule has 0 spiro atoms. The lowest BCUT2D eigenvalue weighted by Crippen LogP contribution is -2.36. The van der Waals surface area contributed by atoms with Gasteiger partial charge >= 0.3 is 0 Å². The molecule has 41 heavy (non-hydrogen) atoms. The van der Waals surface area contributed by atoms with Gasteiger partial charge in [0.15, 0.2) is 5.78 Å². The molecule has 0 unspecified atom stereocenters. The first-order valence-electron chi connectivity index (χ1n) is 14.1. The van der Waals surface area contributed by atoms with Gasteiger partial charge in [0.05, 0.1) is 17.5 Å². The van der Waals surface area contributed by atoms with Crippen molar-refractivity contribution in [1.82, 2.24) is 19.1 Å². The summed E-state index contributed by atoms with van der Waals surface area (Å²) in [6, 6.07) is 8.56. The van der Waals surface area contributed by atoms with Crippen LogP contribution in [0, 0.1) is 0 Å². The number of ketones is 1. The molecule has 1 aromatic carbocycles. The molecule has 0 radical (unpaired) electrons. The van der Waals surface area contributed by atoms with Crippen molar-refractivity contribution in [2.24, 2.45) is 0 Å². The van der Waals surface area contributed by atoms with Crippen LogP contribution in [-0.2, 0) is 13.0 Å². The summed E-state index contributed by atoms with van der Waals surface area (Å²) in [5, 5.41) is 13.9. The number of nitrogens with one attached hydrogen (secondary N) is 1. The first-order chi connectivity index (χ1) is 19.5. The summed E-state index contributed by atoms with van der Waals surface area (Å²) in [6.07, 6.45) is 6.50. The monoisotopic (exact) mass is 556 g/mol. The highest BCUT2D eigenvalue weighted by Crippen LogP contribution is 2.34. The van der Waals surface area contributed by atoms with Crippen LogP contribution in [-0.4, -0.2) is 41.5 Å². The number of anilines is 2. The summed E-state index contributed by atoms with van der Waals surface area (Å²) >= 11 is 0. The zero-order valence-electron chi connectivity index (χ0n) is 23.9. The molecule has 10 nitrogen and oxygen atoms in total. The van der Waals surface area contributed by atoms with E-state index in [1.54, 1.807) is 30.5 Å². The zero-order valence-corrected chi connectivity index (χ0v) is 23.9. The fourth-order valence-corrected chi connectivity index (χ4v) is 5.76. The highest BCUT2D eigenvalue weighted by molar-refractivity contribution is 6.07. The number of rotatable bonds is 8. The molecule has 3 heterocycles. The van der Waals surface area contributed by atoms with Crippen molar-refractivity contribution >= 4 is 34.2 Å². The van der Waals surface area contributed by atoms with E-state index in [0.29, 0.717) is 53.9 Å². The van der Waals surface area contributed by atoms with E-state index in [-0.39, 0.29) is 22.9 Å². The lowest BCUT2D eigenvalue weighted by Gasteiger charge is -2.26. The number of pyridine rings is 1. The number of carbonyl (C=O) groups excluding carboxylic acids is 2. The Kier molecular flexibility index (Phi) is 7.52. The Balaban J connectivity index is 1.48. The molecule has 0 fully saturated rings. The van der Waals surface area contributed by atoms with Gasteiger partial charge in [0, 0.05) is 41.2 Å². The van der Waals surface area contributed by atoms with Crippen molar-refractivity contribution in [3.05, 3.63) is 70.0 Å². The maximum Gasteiger partial charge on any atom is 0.263 e. The number of nitrogen functional groups attached to an aromatic ring is 1. The van der Waals surface area contributed by atoms with Gasteiger partial charge in [0.25, 0.3) is 11.5 Å². The largest absolute Gasteiger partial charge is 0.389 e. The molecule has 3 aromatic heterocycles. The van der Waals surface area contributed by atoms with Crippen LogP contribution < -0.4 is 16.6 Å². The van der Waals surface area contributed by atoms with E-state index < -0.39 is 11.5 Å². The Morgan fingerprint density at radius 2 is 1.80 bits per heavy atom. The number of aromatic nitrogens is 4. The molecular weight excluding hydrogens is 520 g/mol. The SMILES string of the molecule is CCC(CC)n1c2c(cc(C(=O)Nc3ccc(-c4cn(CC(C)(C)O)c5ncnc(N)c45)cc3)c1=O)C(=O)CCC2. The van der Waals surface area contributed by atoms with Crippen LogP contribution in [0.25, 0.3) is 22.2 Å². The average Bonchev–Trinajstić information content (AvgIpc) is 3.29. The molecule has 10 heteroatoms. The number of hydrogen-bond acceptors (Lipinski definition) is 7. The third-order valence-corrected chi connectivity index (χ3v) is 7.70. The number of amides is 1. The van der Waals surface area contributed by atoms with Crippen molar-refractivity contribution in [3.8, 4) is 11.1 Å². The topological polar surface area (TPSA) is 145 Å². The van der Waals surface area contributed by atoms with Gasteiger partial charge in [-0.05, 0) is 63.3 Å². The lowest BCUT2D eigenvalue weighted by atomic mass is 9.92. The molecule has 0 saturated carbocycles. The van der Waals surface area contributed by atoms with Crippen LogP contribution in [0.2, 0.25) is 0 Å². The Labute approximate surface area is 238 Å². The quantitative estimate of drug-likeness (QED) is 0.284. The van der Waals surface area contributed by atoms with Gasteiger partial charge in [0.1, 0.15) is 23.4 Å². The van der Waals surface area contributed by atoms with Crippen molar-refractivity contribution in [1.29, 1.82) is 0 Å². The maximum absolute atomic E-state index is 13.6. The molecule has 5 rings (SSSR count). The summed E-state index contributed by atoms with van der Waals surface area (Å²) in [5.41, 5.74) is 8.80. The van der Waals surface area contributed by atoms with Crippen LogP contribution in [0.15, 0.2) is 47.7 Å². The first kappa shape index (κ1) is 28.2. The van der Waals surface area contributed by atoms with E-state index in [0.717, 1.165) is 29.7 Å². The van der Waals surface area contributed by atoms with Crippen molar-refractivity contribution in [3.63, 3.8) is 0 Å². The number of Topliss-reactive ketones (excluding diaryl/α,β-unsaturated/α-hetero) is 1. The van der Waals surface area contributed by atoms with Gasteiger partial charge in [-0.2, -0.15) is 0 Å². The van der Waals surface area contributed by atoms with Crippen LogP contribution in [0.5, 0.6) is 0 Å². The molecule has 0 saturated heterocycles. The number of aliphatic hydroxyl groups is 1. The Morgan fingerprint density at radius 3 is 2.46 bits per heavy atom. The molecule has 1 aliphatic rings. The van der Waals surface area contributed by atoms with Gasteiger partial charge < -0.3 is 25.3 Å². The average molecular weight is 557 g/mol. The minimum absolute atomic E-state index is 0.0311. The lowest BCUT2D eigenvalue weighted by molar-refractivity contribution is 0.0627. The van der Waals surface area contributed by atoms with Gasteiger partial charge in [0.2, 0.25) is 0 Å². The Hall–Kier alpha value is -4.31. The van der Waals surface area contributed by atoms with Crippen molar-refractivity contribution in [2.75, 3.05) is 11.1 Å². The number of nitrogens with zero attached hydrogens (tertiary/aromatic N) is 4. The van der Waals surface area contributed by atoms with E-state index >= 15 is 0 Å². The third-order valence-electron chi connectivity index (χ3n) is 7.70. The van der Waals surface area contributed by atoms with Crippen LogP contribution >= 0.6 is 0 Å². The van der Waals surface area contributed by atoms with E-state index in [1.165, 1.54) is 12.4 Å². The van der Waals surface area contributed by atoms with E-state index in [1.807, 2.05) is 36.7 Å². The first-order valence-corrected chi connectivity index (χ1v) is 14.1. The highest BCUT2D eigenvalue weighted by atomic mass is 16.3. The van der Waals surface area contributed by atoms with Gasteiger partial charge in [-0.15, -0.1) is 0 Å². The second-order valence-corrected chi connectivity index (χ2v) is 11.3. The summed E-state index contributed by atoms with van der Waals surface area (Å²) in [6.45, 7) is 7.77. The van der Waals surface area contributed by atoms with Gasteiger partial charge in [-0.1, -0.05) is 26.0 Å². The Morgan fingerprint density at radius 1 is 1.10 bits per heavy atom. The number of nitrogens with two attached hydrogens (primary N) is 1. The van der Waals surface area contributed by atoms with Crippen LogP contribution in [0.1, 0.15) is 85.8 Å². The molecule has 0 atom stereocenters. The smallest absolute Gasteiger partial charge is 0.263 e. The van der Waals surface area contributed by atoms with Crippen molar-refractivity contribution < 1.29 is 14.7 Å². The Bertz CT molecular complexity index is 1690. The molecule has 4 aromatic rings. The normalized spacial score (nSPS) is 13.6. The van der Waals surface area contributed by atoms with Gasteiger partial charge in [-0.3, -0.25) is 14.4 Å². The summed E-state index contributed by atoms with van der Waals surface area (Å²) in [7, 11) is 0. The molecule has 1 aliphatic carbocycles. The molecule has 214 valence electrons. The zero-order chi connectivity index (χ0) is 29.5. The highest BCUT2D eigenvalue weighted by Gasteiger charge is 2.28. The predicted octanol–water partition coefficient (Wildman–Crippen LogP) is 4.75. The second kappa shape index (κ2) is 10.9. The summed E-state index contributed by atoms with van der Waals surface area (Å²) in [4.78, 5) is 48.3. The van der Waals surface area contributed by atoms with E-state index in [2.05, 4.69) is 15.3 Å². The van der Waals surface area contributed by atoms with E-state index in [9.17, 15) is 19.5 Å². The van der Waals surface area contributed by atoms with Gasteiger partial charge in [-0.25, -0.2) is 9.97 Å². The maximum atomic E-state index is 13.6. The van der Waals surface area contributed by atoms with Crippen molar-refractivity contribution in [2.45, 2.75) is 78.0 Å². The number of fused-ring (bicyclic) bond motifs is 2. The number of carbonyl (C=O) groups is 2. The fourth-order valence-electron chi connectivity index (χ4n) is 5.76. The minimum atomic E-state index is -0.967. The third kappa shape index (κ3) is 5.39. The molecule has 0 aliphatic heterocycles. The molecule has 0 bridgehead atoms. The predicted molar refractivity (Wildman–Crippen MR) is 159 cm³/mol. The summed E-state index contributed by atoms with van der Waals surface area (Å²) < 4.78 is 3.53. The number of hydrogen-bond donors (Lipinski definition) is 3. The van der Waals surface area contributed by atoms with E-state index in [4.69, 9.17) is 5.73 Å². The molecule has 4 N–H and O–H groups in total. The second-order valence-electron chi connectivity index (χ2n) is 11.3. The number of benzene rings is 1. The standard InChI is InChI=1S/C31H36N6O4/c1-5-20(6-2)37-24-8-7-9-25(38)21(24)14-22(30(37)40)29(39)35-19-12-10-18(11-13-19)23-15-36(16-31(3,4)41)28-26(23)27(32)33-17-34-28/h10-15,17,20,41H,5-9,16H2,1-4H3,(H,35,39)(H2,32,33,34). The molecule has 1 amide bonds. The van der Waals surface area contributed by atoms with Crippen LogP contribution in [0.4, 0.5) is 11.5 Å². The minimum Gasteiger partial charge on any atom is -0.389 e. The van der Waals surface area contributed by atoms with Crippen LogP contribution in [0.3, 0.4) is 0 Å². The fraction of sp³-hybridized carbons (Fsp3) is 0.387. The summed E-state index contributed by atoms with van der Waals surface area (Å²) in [5.74, 6) is -0.257. The molecular formula is C31H36N6O4.